The Bertz CT molecular complexity index is 2540. The maximum Gasteiger partial charge on any atom is 0.407 e. The molecule has 2 saturated carbocycles. The molecule has 62 heavy (non-hydrogen) atoms. The topological polar surface area (TPSA) is 158 Å². The highest BCUT2D eigenvalue weighted by molar-refractivity contribution is 7.19. The predicted molar refractivity (Wildman–Crippen MR) is 241 cm³/mol. The van der Waals surface area contributed by atoms with Crippen LogP contribution in [0.25, 0.3) is 43.7 Å². The van der Waals surface area contributed by atoms with Crippen LogP contribution in [0.3, 0.4) is 0 Å². The lowest BCUT2D eigenvalue weighted by Gasteiger charge is -2.40. The van der Waals surface area contributed by atoms with Crippen molar-refractivity contribution >= 4 is 39.3 Å². The van der Waals surface area contributed by atoms with Crippen molar-refractivity contribution in [1.82, 2.24) is 40.4 Å². The van der Waals surface area contributed by atoms with Crippen LogP contribution in [0, 0.1) is 30.6 Å². The molecular formula is C48H58N8O5S. The Kier molecular flexibility index (Phi) is 10.7. The number of rotatable bonds is 13. The number of nitrogens with zero attached hydrogens (tertiary/aromatic N) is 4. The molecule has 9 rings (SSSR count). The molecule has 0 spiro atoms. The minimum absolute atomic E-state index is 0.0503. The van der Waals surface area contributed by atoms with E-state index in [-0.39, 0.29) is 23.7 Å². The van der Waals surface area contributed by atoms with Crippen LogP contribution in [0.1, 0.15) is 82.7 Å². The SMILES string of the molecule is C=C(N[C@H](C(=O)N1C[C@H]2CC[C@@]1(c1ncc(-c3ccc(-c4ccc(-c5cnc([C@@]67CC[C@H](CN6C(=O)[C@@H](NC(=O)OC)C(C)C)C7)[nH]5)c5sc(C)cc45)cc3)[nH]1)C2)C(C)C)OC. The first kappa shape index (κ1) is 41.7. The first-order valence-electron chi connectivity index (χ1n) is 22.0. The fourth-order valence-electron chi connectivity index (χ4n) is 10.9. The van der Waals surface area contributed by atoms with Crippen LogP contribution in [0.5, 0.6) is 0 Å². The summed E-state index contributed by atoms with van der Waals surface area (Å²) in [4.78, 5) is 63.0. The van der Waals surface area contributed by atoms with Crippen LogP contribution >= 0.6 is 11.3 Å². The second-order valence-electron chi connectivity index (χ2n) is 18.7. The summed E-state index contributed by atoms with van der Waals surface area (Å²) in [6, 6.07) is 14.1. The van der Waals surface area contributed by atoms with Gasteiger partial charge < -0.3 is 39.9 Å². The molecule has 5 heterocycles. The number of carbonyl (C=O) groups excluding carboxylic acids is 3. The zero-order chi connectivity index (χ0) is 43.7. The molecule has 0 unspecified atom stereocenters. The van der Waals surface area contributed by atoms with Gasteiger partial charge in [-0.3, -0.25) is 9.59 Å². The van der Waals surface area contributed by atoms with E-state index in [9.17, 15) is 14.4 Å². The van der Waals surface area contributed by atoms with E-state index in [0.29, 0.717) is 24.3 Å². The van der Waals surface area contributed by atoms with E-state index in [2.05, 4.69) is 81.5 Å². The number of aromatic amines is 2. The smallest absolute Gasteiger partial charge is 0.407 e. The Morgan fingerprint density at radius 2 is 1.31 bits per heavy atom. The molecule has 3 amide bonds. The number of H-pyrrole nitrogens is 2. The van der Waals surface area contributed by atoms with E-state index in [4.69, 9.17) is 19.4 Å². The summed E-state index contributed by atoms with van der Waals surface area (Å²) in [5, 5.41) is 7.17. The summed E-state index contributed by atoms with van der Waals surface area (Å²) in [7, 11) is 2.87. The molecule has 6 atom stereocenters. The molecule has 0 radical (unpaired) electrons. The van der Waals surface area contributed by atoms with Crippen LogP contribution in [0.15, 0.2) is 67.3 Å². The average Bonchev–Trinajstić information content (AvgIpc) is 4.13. The van der Waals surface area contributed by atoms with Crippen molar-refractivity contribution < 1.29 is 23.9 Å². The van der Waals surface area contributed by atoms with Gasteiger partial charge >= 0.3 is 6.09 Å². The molecule has 2 aliphatic heterocycles. The first-order valence-corrected chi connectivity index (χ1v) is 22.8. The van der Waals surface area contributed by atoms with Crippen LogP contribution in [-0.4, -0.2) is 87.0 Å². The number of fused-ring (bicyclic) bond motifs is 5. The van der Waals surface area contributed by atoms with Crippen molar-refractivity contribution in [3.8, 4) is 33.6 Å². The maximum atomic E-state index is 14.1. The van der Waals surface area contributed by atoms with Gasteiger partial charge in [0.1, 0.15) is 34.8 Å². The lowest BCUT2D eigenvalue weighted by molar-refractivity contribution is -0.141. The zero-order valence-electron chi connectivity index (χ0n) is 36.8. The third-order valence-electron chi connectivity index (χ3n) is 14.2. The van der Waals surface area contributed by atoms with Gasteiger partial charge in [0.05, 0.1) is 38.0 Å². The van der Waals surface area contributed by atoms with Gasteiger partial charge in [-0.2, -0.15) is 0 Å². The number of thiophene rings is 1. The third-order valence-corrected chi connectivity index (χ3v) is 15.2. The summed E-state index contributed by atoms with van der Waals surface area (Å²) in [5.41, 5.74) is 5.19. The van der Waals surface area contributed by atoms with Crippen molar-refractivity contribution in [3.63, 3.8) is 0 Å². The number of likely N-dealkylation sites (tertiary alicyclic amines) is 2. The van der Waals surface area contributed by atoms with Gasteiger partial charge in [-0.25, -0.2) is 14.8 Å². The fraction of sp³-hybridized carbons (Fsp3) is 0.479. The molecule has 14 heteroatoms. The van der Waals surface area contributed by atoms with Crippen molar-refractivity contribution in [2.45, 2.75) is 96.3 Å². The Morgan fingerprint density at radius 3 is 1.85 bits per heavy atom. The second-order valence-corrected chi connectivity index (χ2v) is 19.9. The molecule has 13 nitrogen and oxygen atoms in total. The minimum Gasteiger partial charge on any atom is -0.483 e. The molecule has 4 bridgehead atoms. The van der Waals surface area contributed by atoms with Crippen LogP contribution in [-0.2, 0) is 30.1 Å². The lowest BCUT2D eigenvalue weighted by Crippen LogP contribution is -2.56. The third kappa shape index (κ3) is 6.94. The quantitative estimate of drug-likeness (QED) is 0.0860. The van der Waals surface area contributed by atoms with Crippen molar-refractivity contribution in [2.75, 3.05) is 27.3 Å². The number of carbonyl (C=O) groups is 3. The highest BCUT2D eigenvalue weighted by Gasteiger charge is 2.57. The number of alkyl carbamates (subject to hydrolysis) is 1. The van der Waals surface area contributed by atoms with Gasteiger partial charge in [0.25, 0.3) is 0 Å². The zero-order valence-corrected chi connectivity index (χ0v) is 37.6. The van der Waals surface area contributed by atoms with Gasteiger partial charge in [-0.15, -0.1) is 11.3 Å². The number of piperidine rings is 2. The molecule has 2 saturated heterocycles. The molecule has 3 aromatic heterocycles. The number of imidazole rings is 2. The summed E-state index contributed by atoms with van der Waals surface area (Å²) < 4.78 is 11.3. The second kappa shape index (κ2) is 15.9. The maximum absolute atomic E-state index is 14.1. The van der Waals surface area contributed by atoms with E-state index in [1.807, 2.05) is 45.0 Å². The minimum atomic E-state index is -0.691. The summed E-state index contributed by atoms with van der Waals surface area (Å²) in [6.07, 6.45) is 8.77. The normalized spacial score (nSPS) is 23.7. The van der Waals surface area contributed by atoms with E-state index in [1.165, 1.54) is 22.1 Å². The standard InChI is InChI=1S/C48H58N8O5S/c1-26(2)39(51-29(6)60-7)42(57)55-24-30-15-17-47(55,20-30)44-49-22-37(52-44)33-11-9-32(10-12-33)34-13-14-35(41-36(34)19-28(5)62-41)38-23-50-45(53-38)48-18-16-31(21-48)25-56(48)43(58)40(27(3)4)54-46(59)61-8/h9-14,19,22-23,26-27,30-31,39-40,51H,6,15-18,20-21,24-25H2,1-5,7-8H3,(H,49,52)(H,50,53)(H,54,59)/t30-,31-,39-,40-,47-,48-/m0/s1. The fourth-order valence-corrected chi connectivity index (χ4v) is 12.0. The number of nitrogens with one attached hydrogen (secondary N) is 4. The monoisotopic (exact) mass is 858 g/mol. The Balaban J connectivity index is 0.965. The highest BCUT2D eigenvalue weighted by Crippen LogP contribution is 2.54. The van der Waals surface area contributed by atoms with Crippen LogP contribution in [0.4, 0.5) is 4.79 Å². The molecule has 4 fully saturated rings. The number of amides is 3. The number of ether oxygens (including phenoxy) is 2. The lowest BCUT2D eigenvalue weighted by atomic mass is 9.93. The predicted octanol–water partition coefficient (Wildman–Crippen LogP) is 8.44. The van der Waals surface area contributed by atoms with Gasteiger partial charge in [-0.1, -0.05) is 64.1 Å². The number of hydrogen-bond acceptors (Lipinski definition) is 9. The number of hydrogen-bond donors (Lipinski definition) is 4. The van der Waals surface area contributed by atoms with E-state index < -0.39 is 29.3 Å². The van der Waals surface area contributed by atoms with Crippen LogP contribution < -0.4 is 10.6 Å². The van der Waals surface area contributed by atoms with Crippen LogP contribution in [0.2, 0.25) is 0 Å². The molecule has 4 N–H and O–H groups in total. The number of aromatic nitrogens is 4. The number of benzene rings is 2. The van der Waals surface area contributed by atoms with Crippen molar-refractivity contribution in [2.24, 2.45) is 23.7 Å². The molecule has 2 aliphatic carbocycles. The molecule has 4 aliphatic rings. The molecular weight excluding hydrogens is 801 g/mol. The number of aryl methyl sites for hydroxylation is 1. The van der Waals surface area contributed by atoms with Gasteiger partial charge in [-0.05, 0) is 98.5 Å². The van der Waals surface area contributed by atoms with Gasteiger partial charge in [0.15, 0.2) is 5.88 Å². The summed E-state index contributed by atoms with van der Waals surface area (Å²) in [5.74, 6) is 2.79. The van der Waals surface area contributed by atoms with Gasteiger partial charge in [0.2, 0.25) is 11.8 Å². The van der Waals surface area contributed by atoms with E-state index in [1.54, 1.807) is 18.4 Å². The highest BCUT2D eigenvalue weighted by atomic mass is 32.1. The summed E-state index contributed by atoms with van der Waals surface area (Å²) in [6.45, 7) is 15.4. The first-order chi connectivity index (χ1) is 29.7. The average molecular weight is 859 g/mol. The summed E-state index contributed by atoms with van der Waals surface area (Å²) >= 11 is 1.77. The van der Waals surface area contributed by atoms with Gasteiger partial charge in [0, 0.05) is 33.6 Å². The van der Waals surface area contributed by atoms with Crippen molar-refractivity contribution in [1.29, 1.82) is 0 Å². The largest absolute Gasteiger partial charge is 0.483 e. The van der Waals surface area contributed by atoms with E-state index >= 15 is 0 Å². The Morgan fingerprint density at radius 1 is 0.774 bits per heavy atom. The Hall–Kier alpha value is -5.63. The number of methoxy groups -OCH3 is 2. The Labute approximate surface area is 367 Å². The molecule has 5 aromatic rings. The van der Waals surface area contributed by atoms with E-state index in [0.717, 1.165) is 90.4 Å². The molecule has 326 valence electrons. The molecule has 2 aromatic carbocycles. The van der Waals surface area contributed by atoms with Crippen molar-refractivity contribution in [3.05, 3.63) is 83.8 Å².